The molecule has 6 heteroatoms. The Balaban J connectivity index is 2.93. The summed E-state index contributed by atoms with van der Waals surface area (Å²) in [5, 5.41) is 0. The van der Waals surface area contributed by atoms with Crippen molar-refractivity contribution in [1.82, 2.24) is 0 Å². The van der Waals surface area contributed by atoms with E-state index in [2.05, 4.69) is 0 Å². The topological polar surface area (TPSA) is 89.0 Å². The second-order valence-corrected chi connectivity index (χ2v) is 3.38. The molecular weight excluding hydrogens is 212 g/mol. The summed E-state index contributed by atoms with van der Waals surface area (Å²) in [5.74, 6) is 0. The fraction of sp³-hybridized carbons (Fsp3) is 1.00. The van der Waals surface area contributed by atoms with Crippen LogP contribution in [0.15, 0.2) is 0 Å². The van der Waals surface area contributed by atoms with Gasteiger partial charge in [0, 0.05) is 0 Å². The van der Waals surface area contributed by atoms with Crippen molar-refractivity contribution in [3.05, 3.63) is 0 Å². The number of rotatable bonds is 11. The first-order valence-electron chi connectivity index (χ1n) is 5.52. The Morgan fingerprint density at radius 1 is 0.688 bits per heavy atom. The number of hydrogen-bond acceptors (Lipinski definition) is 6. The Morgan fingerprint density at radius 3 is 1.31 bits per heavy atom. The molecule has 0 fully saturated rings. The monoisotopic (exact) mass is 236 g/mol. The van der Waals surface area contributed by atoms with Crippen molar-refractivity contribution in [3.8, 4) is 0 Å². The van der Waals surface area contributed by atoms with Crippen LogP contribution < -0.4 is 11.5 Å². The Labute approximate surface area is 97.2 Å². The molecule has 0 saturated carbocycles. The quantitative estimate of drug-likeness (QED) is 0.377. The van der Waals surface area contributed by atoms with Gasteiger partial charge >= 0.3 is 0 Å². The minimum Gasteiger partial charge on any atom is -0.377 e. The van der Waals surface area contributed by atoms with Gasteiger partial charge in [-0.2, -0.15) is 0 Å². The highest BCUT2D eigenvalue weighted by Gasteiger charge is 1.95. The third-order valence-electron chi connectivity index (χ3n) is 1.59. The first-order chi connectivity index (χ1) is 7.63. The van der Waals surface area contributed by atoms with Crippen LogP contribution in [-0.4, -0.2) is 52.1 Å². The van der Waals surface area contributed by atoms with E-state index >= 15 is 0 Å². The van der Waals surface area contributed by atoms with Gasteiger partial charge in [-0.25, -0.2) is 0 Å². The third kappa shape index (κ3) is 13.8. The highest BCUT2D eigenvalue weighted by molar-refractivity contribution is 4.37. The van der Waals surface area contributed by atoms with Gasteiger partial charge in [0.15, 0.2) is 0 Å². The Hall–Kier alpha value is -0.240. The van der Waals surface area contributed by atoms with Crippen LogP contribution in [0.5, 0.6) is 0 Å². The lowest BCUT2D eigenvalue weighted by Gasteiger charge is -2.09. The lowest BCUT2D eigenvalue weighted by atomic mass is 10.6. The van der Waals surface area contributed by atoms with Crippen molar-refractivity contribution in [1.29, 1.82) is 0 Å². The van der Waals surface area contributed by atoms with E-state index in [1.165, 1.54) is 0 Å². The molecule has 0 aromatic heterocycles. The minimum absolute atomic E-state index is 0.241. The molecule has 0 saturated heterocycles. The summed E-state index contributed by atoms with van der Waals surface area (Å²) in [5.41, 5.74) is 10.8. The predicted octanol–water partition coefficient (Wildman–Crippen LogP) is -0.338. The molecule has 0 spiro atoms. The number of nitrogens with two attached hydrogens (primary N) is 2. The van der Waals surface area contributed by atoms with Crippen molar-refractivity contribution < 1.29 is 18.9 Å². The summed E-state index contributed by atoms with van der Waals surface area (Å²) >= 11 is 0. The maximum absolute atomic E-state index is 5.39. The maximum atomic E-state index is 5.39. The lowest BCUT2D eigenvalue weighted by molar-refractivity contribution is -0.0213. The molecule has 0 aliphatic carbocycles. The van der Waals surface area contributed by atoms with Crippen LogP contribution in [0, 0.1) is 0 Å². The van der Waals surface area contributed by atoms with Crippen LogP contribution in [0.1, 0.15) is 13.8 Å². The van der Waals surface area contributed by atoms with Gasteiger partial charge in [-0.1, -0.05) is 0 Å². The molecule has 0 bridgehead atoms. The van der Waals surface area contributed by atoms with E-state index in [1.807, 2.05) is 0 Å². The highest BCUT2D eigenvalue weighted by atomic mass is 16.6. The second-order valence-electron chi connectivity index (χ2n) is 3.38. The summed E-state index contributed by atoms with van der Waals surface area (Å²) in [7, 11) is 0. The average Bonchev–Trinajstić information content (AvgIpc) is 2.20. The summed E-state index contributed by atoms with van der Waals surface area (Å²) < 4.78 is 20.7. The molecule has 0 radical (unpaired) electrons. The van der Waals surface area contributed by atoms with E-state index in [1.54, 1.807) is 13.8 Å². The van der Waals surface area contributed by atoms with Gasteiger partial charge < -0.3 is 30.4 Å². The molecule has 4 N–H and O–H groups in total. The van der Waals surface area contributed by atoms with Crippen molar-refractivity contribution in [3.63, 3.8) is 0 Å². The summed E-state index contributed by atoms with van der Waals surface area (Å²) in [4.78, 5) is 0. The molecular formula is C10H24N2O4. The van der Waals surface area contributed by atoms with E-state index < -0.39 is 0 Å². The van der Waals surface area contributed by atoms with E-state index in [-0.39, 0.29) is 12.5 Å². The first kappa shape index (κ1) is 15.8. The first-order valence-corrected chi connectivity index (χ1v) is 5.52. The van der Waals surface area contributed by atoms with Crippen molar-refractivity contribution in [2.45, 2.75) is 26.3 Å². The van der Waals surface area contributed by atoms with Gasteiger partial charge in [0.05, 0.1) is 39.6 Å². The Morgan fingerprint density at radius 2 is 1.00 bits per heavy atom. The molecule has 0 aromatic carbocycles. The standard InChI is InChI=1S/C10H24N2O4/c1-9(11)15-7-5-13-3-4-14-6-8-16-10(2)12/h9-10H,3-8,11-12H2,1-2H3. The van der Waals surface area contributed by atoms with Gasteiger partial charge in [-0.3, -0.25) is 0 Å². The second kappa shape index (κ2) is 11.3. The SMILES string of the molecule is CC(N)OCCOCCOCCOC(C)N. The zero-order chi connectivity index (χ0) is 12.2. The molecule has 98 valence electrons. The van der Waals surface area contributed by atoms with Crippen LogP contribution in [0.25, 0.3) is 0 Å². The summed E-state index contributed by atoms with van der Waals surface area (Å²) in [6.45, 7) is 6.71. The number of hydrogen-bond donors (Lipinski definition) is 2. The maximum Gasteiger partial charge on any atom is 0.102 e. The molecule has 0 aliphatic heterocycles. The molecule has 16 heavy (non-hydrogen) atoms. The van der Waals surface area contributed by atoms with Gasteiger partial charge in [0.1, 0.15) is 12.5 Å². The molecule has 0 heterocycles. The molecule has 0 aromatic rings. The fourth-order valence-electron chi connectivity index (χ4n) is 0.908. The molecule has 0 amide bonds. The van der Waals surface area contributed by atoms with E-state index in [9.17, 15) is 0 Å². The largest absolute Gasteiger partial charge is 0.377 e. The van der Waals surface area contributed by atoms with Gasteiger partial charge in [0.25, 0.3) is 0 Å². The zero-order valence-corrected chi connectivity index (χ0v) is 10.2. The van der Waals surface area contributed by atoms with Crippen LogP contribution in [0.4, 0.5) is 0 Å². The molecule has 2 atom stereocenters. The van der Waals surface area contributed by atoms with E-state index in [0.717, 1.165) is 0 Å². The molecule has 2 unspecified atom stereocenters. The van der Waals surface area contributed by atoms with Crippen LogP contribution >= 0.6 is 0 Å². The smallest absolute Gasteiger partial charge is 0.102 e. The summed E-state index contributed by atoms with van der Waals surface area (Å²) in [6.07, 6.45) is -0.481. The van der Waals surface area contributed by atoms with E-state index in [0.29, 0.717) is 39.6 Å². The third-order valence-corrected chi connectivity index (χ3v) is 1.59. The minimum atomic E-state index is -0.241. The molecule has 0 rings (SSSR count). The van der Waals surface area contributed by atoms with Gasteiger partial charge in [-0.05, 0) is 13.8 Å². The van der Waals surface area contributed by atoms with Crippen molar-refractivity contribution in [2.75, 3.05) is 39.6 Å². The van der Waals surface area contributed by atoms with Gasteiger partial charge in [-0.15, -0.1) is 0 Å². The van der Waals surface area contributed by atoms with Crippen LogP contribution in [0.3, 0.4) is 0 Å². The van der Waals surface area contributed by atoms with E-state index in [4.69, 9.17) is 30.4 Å². The zero-order valence-electron chi connectivity index (χ0n) is 10.2. The summed E-state index contributed by atoms with van der Waals surface area (Å²) in [6, 6.07) is 0. The Kier molecular flexibility index (Phi) is 11.1. The van der Waals surface area contributed by atoms with Crippen molar-refractivity contribution >= 4 is 0 Å². The molecule has 0 aliphatic rings. The highest BCUT2D eigenvalue weighted by Crippen LogP contribution is 1.85. The van der Waals surface area contributed by atoms with Crippen molar-refractivity contribution in [2.24, 2.45) is 11.5 Å². The number of ether oxygens (including phenoxy) is 4. The average molecular weight is 236 g/mol. The predicted molar refractivity (Wildman–Crippen MR) is 60.8 cm³/mol. The normalized spacial score (nSPS) is 15.0. The van der Waals surface area contributed by atoms with Crippen LogP contribution in [0.2, 0.25) is 0 Å². The van der Waals surface area contributed by atoms with Gasteiger partial charge in [0.2, 0.25) is 0 Å². The lowest BCUT2D eigenvalue weighted by Crippen LogP contribution is -2.22. The Bertz CT molecular complexity index is 129. The van der Waals surface area contributed by atoms with Crippen LogP contribution in [-0.2, 0) is 18.9 Å². The fourth-order valence-corrected chi connectivity index (χ4v) is 0.908. The molecule has 6 nitrogen and oxygen atoms in total.